The molecular formula is C18H16N2O2S. The number of carbonyl (C=O) groups is 1. The van der Waals surface area contributed by atoms with E-state index < -0.39 is 0 Å². The van der Waals surface area contributed by atoms with Crippen LogP contribution in [0.4, 0.5) is 5.69 Å². The molecule has 1 aliphatic rings. The highest BCUT2D eigenvalue weighted by Gasteiger charge is 2.24. The van der Waals surface area contributed by atoms with E-state index in [4.69, 9.17) is 4.74 Å². The Balaban J connectivity index is 1.84. The molecule has 1 N–H and O–H groups in total. The normalized spacial score (nSPS) is 17.5. The number of amidine groups is 1. The summed E-state index contributed by atoms with van der Waals surface area (Å²) < 4.78 is 5.55. The molecule has 0 saturated carbocycles. The zero-order chi connectivity index (χ0) is 16.1. The van der Waals surface area contributed by atoms with Crippen molar-refractivity contribution >= 4 is 34.6 Å². The van der Waals surface area contributed by atoms with Gasteiger partial charge in [-0.05, 0) is 42.5 Å². The zero-order valence-corrected chi connectivity index (χ0v) is 13.5. The molecule has 0 unspecified atom stereocenters. The van der Waals surface area contributed by atoms with E-state index in [1.807, 2.05) is 67.6 Å². The molecule has 2 aromatic carbocycles. The lowest BCUT2D eigenvalue weighted by molar-refractivity contribution is -0.115. The predicted octanol–water partition coefficient (Wildman–Crippen LogP) is 3.98. The van der Waals surface area contributed by atoms with Gasteiger partial charge < -0.3 is 10.1 Å². The molecule has 0 atom stereocenters. The average Bonchev–Trinajstić information content (AvgIpc) is 2.90. The van der Waals surface area contributed by atoms with E-state index in [0.29, 0.717) is 28.1 Å². The van der Waals surface area contributed by atoms with Gasteiger partial charge in [-0.2, -0.15) is 0 Å². The standard InChI is InChI=1S/C18H16N2O2S/c1-2-22-15-11-7-6-10-14(15)19-18-20-17(21)16(23-18)12-13-8-4-3-5-9-13/h3-12H,2H2,1H3,(H,19,20,21)/b16-12+. The Hall–Kier alpha value is -2.53. The van der Waals surface area contributed by atoms with Crippen molar-refractivity contribution in [3.63, 3.8) is 0 Å². The number of nitrogens with one attached hydrogen (secondary N) is 1. The molecule has 0 radical (unpaired) electrons. The number of ether oxygens (including phenoxy) is 1. The summed E-state index contributed by atoms with van der Waals surface area (Å²) in [6, 6.07) is 17.3. The second-order valence-corrected chi connectivity index (χ2v) is 5.82. The maximum absolute atomic E-state index is 12.1. The zero-order valence-electron chi connectivity index (χ0n) is 12.7. The van der Waals surface area contributed by atoms with Crippen LogP contribution >= 0.6 is 11.8 Å². The second-order valence-electron chi connectivity index (χ2n) is 4.79. The van der Waals surface area contributed by atoms with Crippen LogP contribution in [0.5, 0.6) is 5.75 Å². The molecule has 5 heteroatoms. The van der Waals surface area contributed by atoms with Gasteiger partial charge in [0, 0.05) is 0 Å². The van der Waals surface area contributed by atoms with Gasteiger partial charge in [-0.1, -0.05) is 42.5 Å². The van der Waals surface area contributed by atoms with Crippen LogP contribution in [0.2, 0.25) is 0 Å². The quantitative estimate of drug-likeness (QED) is 0.866. The third-order valence-corrected chi connectivity index (χ3v) is 4.05. The number of para-hydroxylation sites is 2. The molecule has 0 aromatic heterocycles. The number of nitrogens with zero attached hydrogens (tertiary/aromatic N) is 1. The summed E-state index contributed by atoms with van der Waals surface area (Å²) >= 11 is 1.33. The summed E-state index contributed by atoms with van der Waals surface area (Å²) in [6.45, 7) is 2.50. The van der Waals surface area contributed by atoms with Crippen molar-refractivity contribution in [3.05, 3.63) is 65.1 Å². The fourth-order valence-electron chi connectivity index (χ4n) is 2.12. The van der Waals surface area contributed by atoms with E-state index in [2.05, 4.69) is 10.3 Å². The second kappa shape index (κ2) is 7.15. The number of benzene rings is 2. The lowest BCUT2D eigenvalue weighted by atomic mass is 10.2. The molecule has 1 heterocycles. The smallest absolute Gasteiger partial charge is 0.264 e. The summed E-state index contributed by atoms with van der Waals surface area (Å²) in [5.41, 5.74) is 1.69. The lowest BCUT2D eigenvalue weighted by Crippen LogP contribution is -2.19. The molecule has 2 aromatic rings. The number of hydrogen-bond donors (Lipinski definition) is 1. The van der Waals surface area contributed by atoms with Gasteiger partial charge in [-0.3, -0.25) is 4.79 Å². The van der Waals surface area contributed by atoms with Crippen molar-refractivity contribution in [2.45, 2.75) is 6.92 Å². The minimum Gasteiger partial charge on any atom is -0.492 e. The molecule has 0 bridgehead atoms. The van der Waals surface area contributed by atoms with Crippen LogP contribution in [-0.2, 0) is 4.79 Å². The molecule has 3 rings (SSSR count). The summed E-state index contributed by atoms with van der Waals surface area (Å²) in [5.74, 6) is 0.573. The maximum Gasteiger partial charge on any atom is 0.264 e. The van der Waals surface area contributed by atoms with Gasteiger partial charge in [-0.15, -0.1) is 0 Å². The maximum atomic E-state index is 12.1. The monoisotopic (exact) mass is 324 g/mol. The molecule has 23 heavy (non-hydrogen) atoms. The molecule has 1 fully saturated rings. The Kier molecular flexibility index (Phi) is 4.78. The number of thioether (sulfide) groups is 1. The Bertz CT molecular complexity index is 770. The third-order valence-electron chi connectivity index (χ3n) is 3.14. The van der Waals surface area contributed by atoms with Gasteiger partial charge in [0.2, 0.25) is 0 Å². The van der Waals surface area contributed by atoms with Crippen molar-refractivity contribution in [2.24, 2.45) is 4.99 Å². The summed E-state index contributed by atoms with van der Waals surface area (Å²) in [4.78, 5) is 17.2. The van der Waals surface area contributed by atoms with E-state index in [1.54, 1.807) is 0 Å². The molecule has 1 aliphatic heterocycles. The molecule has 0 aliphatic carbocycles. The van der Waals surface area contributed by atoms with Crippen LogP contribution in [0.25, 0.3) is 6.08 Å². The van der Waals surface area contributed by atoms with Crippen LogP contribution in [0.1, 0.15) is 12.5 Å². The fourth-order valence-corrected chi connectivity index (χ4v) is 2.95. The van der Waals surface area contributed by atoms with Gasteiger partial charge in [0.1, 0.15) is 11.4 Å². The topological polar surface area (TPSA) is 50.7 Å². The molecule has 116 valence electrons. The Morgan fingerprint density at radius 3 is 2.65 bits per heavy atom. The molecule has 4 nitrogen and oxygen atoms in total. The van der Waals surface area contributed by atoms with E-state index in [9.17, 15) is 4.79 Å². The van der Waals surface area contributed by atoms with E-state index in [-0.39, 0.29) is 5.91 Å². The lowest BCUT2D eigenvalue weighted by Gasteiger charge is -2.06. The molecule has 1 amide bonds. The average molecular weight is 324 g/mol. The van der Waals surface area contributed by atoms with Gasteiger partial charge in [0.05, 0.1) is 11.5 Å². The van der Waals surface area contributed by atoms with E-state index in [1.165, 1.54) is 11.8 Å². The van der Waals surface area contributed by atoms with Crippen molar-refractivity contribution < 1.29 is 9.53 Å². The van der Waals surface area contributed by atoms with Crippen molar-refractivity contribution in [1.82, 2.24) is 5.32 Å². The first-order chi connectivity index (χ1) is 11.3. The van der Waals surface area contributed by atoms with Crippen molar-refractivity contribution in [1.29, 1.82) is 0 Å². The van der Waals surface area contributed by atoms with Crippen LogP contribution in [0, 0.1) is 0 Å². The number of aliphatic imine (C=N–C) groups is 1. The largest absolute Gasteiger partial charge is 0.492 e. The van der Waals surface area contributed by atoms with Crippen molar-refractivity contribution in [3.8, 4) is 5.75 Å². The van der Waals surface area contributed by atoms with Crippen LogP contribution in [0.15, 0.2) is 64.5 Å². The van der Waals surface area contributed by atoms with Gasteiger partial charge in [-0.25, -0.2) is 4.99 Å². The minimum atomic E-state index is -0.133. The number of hydrogen-bond acceptors (Lipinski definition) is 4. The van der Waals surface area contributed by atoms with Crippen molar-refractivity contribution in [2.75, 3.05) is 6.61 Å². The SMILES string of the molecule is CCOc1ccccc1N=C1NC(=O)/C(=C\c2ccccc2)S1. The number of rotatable bonds is 4. The Morgan fingerprint density at radius 1 is 1.13 bits per heavy atom. The van der Waals surface area contributed by atoms with E-state index in [0.717, 1.165) is 5.56 Å². The number of amides is 1. The highest BCUT2D eigenvalue weighted by molar-refractivity contribution is 8.18. The Labute approximate surface area is 139 Å². The molecule has 1 saturated heterocycles. The van der Waals surface area contributed by atoms with Crippen LogP contribution in [-0.4, -0.2) is 17.7 Å². The summed E-state index contributed by atoms with van der Waals surface area (Å²) in [7, 11) is 0. The highest BCUT2D eigenvalue weighted by atomic mass is 32.2. The predicted molar refractivity (Wildman–Crippen MR) is 94.9 cm³/mol. The Morgan fingerprint density at radius 2 is 1.87 bits per heavy atom. The molecule has 0 spiro atoms. The molecular weight excluding hydrogens is 308 g/mol. The van der Waals surface area contributed by atoms with Gasteiger partial charge in [0.25, 0.3) is 5.91 Å². The summed E-state index contributed by atoms with van der Waals surface area (Å²) in [5, 5.41) is 3.35. The van der Waals surface area contributed by atoms with E-state index >= 15 is 0 Å². The first kappa shape index (κ1) is 15.4. The first-order valence-electron chi connectivity index (χ1n) is 7.32. The highest BCUT2D eigenvalue weighted by Crippen LogP contribution is 2.32. The van der Waals surface area contributed by atoms with Crippen LogP contribution in [0.3, 0.4) is 0 Å². The first-order valence-corrected chi connectivity index (χ1v) is 8.14. The van der Waals surface area contributed by atoms with Crippen LogP contribution < -0.4 is 10.1 Å². The third kappa shape index (κ3) is 3.81. The van der Waals surface area contributed by atoms with Gasteiger partial charge in [0.15, 0.2) is 5.17 Å². The minimum absolute atomic E-state index is 0.133. The summed E-state index contributed by atoms with van der Waals surface area (Å²) in [6.07, 6.45) is 1.86. The number of carbonyl (C=O) groups excluding carboxylic acids is 1. The fraction of sp³-hybridized carbons (Fsp3) is 0.111. The van der Waals surface area contributed by atoms with Gasteiger partial charge >= 0.3 is 0 Å².